The third-order valence-corrected chi connectivity index (χ3v) is 7.56. The maximum atomic E-state index is 13.9. The first-order chi connectivity index (χ1) is 16.4. The number of ether oxygens (including phenoxy) is 3. The van der Waals surface area contributed by atoms with Gasteiger partial charge < -0.3 is 24.0 Å². The van der Waals surface area contributed by atoms with Gasteiger partial charge in [-0.1, -0.05) is 26.8 Å². The Hall–Kier alpha value is -2.54. The number of methoxy groups -OCH3 is 1. The highest BCUT2D eigenvalue weighted by Crippen LogP contribution is 2.48. The Bertz CT molecular complexity index is 954. The van der Waals surface area contributed by atoms with Crippen molar-refractivity contribution in [3.8, 4) is 11.5 Å². The molecule has 0 aromatic heterocycles. The van der Waals surface area contributed by atoms with Crippen LogP contribution in [0.1, 0.15) is 58.6 Å². The smallest absolute Gasteiger partial charge is 0.290 e. The molecule has 2 heterocycles. The standard InChI is InChI=1S/C27H38N2O5/c1-6-28(7-2)13-14-29-24(18-10-12-21(33-8-3)22(16-18)32-5)23-25(30)19-15-17(4)9-11-20(19)34-26(23)27(29)31/h10,12,16-17,19-20,24H,6-9,11,13-15H2,1-5H3. The molecule has 1 fully saturated rings. The Labute approximate surface area is 203 Å². The first-order valence-electron chi connectivity index (χ1n) is 12.7. The van der Waals surface area contributed by atoms with Crippen molar-refractivity contribution in [2.24, 2.45) is 11.8 Å². The lowest BCUT2D eigenvalue weighted by Gasteiger charge is -2.37. The molecule has 0 bridgehead atoms. The molecular weight excluding hydrogens is 432 g/mol. The zero-order valence-electron chi connectivity index (χ0n) is 21.1. The van der Waals surface area contributed by atoms with E-state index >= 15 is 0 Å². The van der Waals surface area contributed by atoms with Crippen LogP contribution in [-0.4, -0.2) is 67.5 Å². The third-order valence-electron chi connectivity index (χ3n) is 7.56. The van der Waals surface area contributed by atoms with E-state index in [-0.39, 0.29) is 29.5 Å². The summed E-state index contributed by atoms with van der Waals surface area (Å²) in [5.41, 5.74) is 1.36. The van der Waals surface area contributed by atoms with Crippen molar-refractivity contribution in [1.82, 2.24) is 9.80 Å². The maximum Gasteiger partial charge on any atom is 0.290 e. The predicted molar refractivity (Wildman–Crippen MR) is 130 cm³/mol. The van der Waals surface area contributed by atoms with E-state index in [1.54, 1.807) is 7.11 Å². The summed E-state index contributed by atoms with van der Waals surface area (Å²) in [6, 6.07) is 5.22. The first kappa shape index (κ1) is 24.6. The summed E-state index contributed by atoms with van der Waals surface area (Å²) < 4.78 is 17.6. The van der Waals surface area contributed by atoms with Crippen LogP contribution in [0.25, 0.3) is 0 Å². The summed E-state index contributed by atoms with van der Waals surface area (Å²) in [6.45, 7) is 12.0. The number of fused-ring (bicyclic) bond motifs is 1. The molecular formula is C27H38N2O5. The molecule has 4 atom stereocenters. The fourth-order valence-electron chi connectivity index (χ4n) is 5.62. The van der Waals surface area contributed by atoms with E-state index in [0.717, 1.165) is 44.5 Å². The Morgan fingerprint density at radius 1 is 1.12 bits per heavy atom. The van der Waals surface area contributed by atoms with Crippen molar-refractivity contribution in [2.45, 2.75) is 59.1 Å². The van der Waals surface area contributed by atoms with Crippen molar-refractivity contribution in [3.05, 3.63) is 35.1 Å². The van der Waals surface area contributed by atoms with Crippen molar-refractivity contribution in [2.75, 3.05) is 39.9 Å². The van der Waals surface area contributed by atoms with Gasteiger partial charge in [0.25, 0.3) is 5.91 Å². The Morgan fingerprint density at radius 3 is 2.56 bits per heavy atom. The van der Waals surface area contributed by atoms with E-state index in [9.17, 15) is 9.59 Å². The van der Waals surface area contributed by atoms with Crippen molar-refractivity contribution < 1.29 is 23.8 Å². The molecule has 1 saturated carbocycles. The topological polar surface area (TPSA) is 68.3 Å². The monoisotopic (exact) mass is 470 g/mol. The Morgan fingerprint density at radius 2 is 1.88 bits per heavy atom. The van der Waals surface area contributed by atoms with Crippen LogP contribution in [0, 0.1) is 11.8 Å². The van der Waals surface area contributed by atoms with E-state index in [4.69, 9.17) is 14.2 Å². The van der Waals surface area contributed by atoms with Crippen molar-refractivity contribution in [3.63, 3.8) is 0 Å². The molecule has 0 spiro atoms. The highest BCUT2D eigenvalue weighted by molar-refractivity contribution is 6.11. The quantitative estimate of drug-likeness (QED) is 0.544. The normalized spacial score (nSPS) is 26.5. The summed E-state index contributed by atoms with van der Waals surface area (Å²) in [4.78, 5) is 31.6. The minimum atomic E-state index is -0.478. The molecule has 4 rings (SSSR count). The predicted octanol–water partition coefficient (Wildman–Crippen LogP) is 3.98. The zero-order chi connectivity index (χ0) is 24.4. The number of rotatable bonds is 9. The molecule has 0 N–H and O–H groups in total. The lowest BCUT2D eigenvalue weighted by atomic mass is 9.74. The molecule has 7 heteroatoms. The van der Waals surface area contributed by atoms with Gasteiger partial charge in [0.2, 0.25) is 0 Å². The molecule has 1 aromatic carbocycles. The fraction of sp³-hybridized carbons (Fsp3) is 0.630. The molecule has 1 aliphatic carbocycles. The molecule has 2 aliphatic heterocycles. The van der Waals surface area contributed by atoms with Gasteiger partial charge in [-0.15, -0.1) is 0 Å². The van der Waals surface area contributed by atoms with Gasteiger partial charge in [-0.05, 0) is 62.9 Å². The number of amides is 1. The summed E-state index contributed by atoms with van der Waals surface area (Å²) in [5.74, 6) is 1.71. The van der Waals surface area contributed by atoms with Crippen LogP contribution >= 0.6 is 0 Å². The summed E-state index contributed by atoms with van der Waals surface area (Å²) in [5, 5.41) is 0. The number of likely N-dealkylation sites (N-methyl/N-ethyl adjacent to an activating group) is 1. The van der Waals surface area contributed by atoms with Crippen LogP contribution in [0.2, 0.25) is 0 Å². The van der Waals surface area contributed by atoms with Gasteiger partial charge >= 0.3 is 0 Å². The van der Waals surface area contributed by atoms with Gasteiger partial charge in [0.05, 0.1) is 31.2 Å². The summed E-state index contributed by atoms with van der Waals surface area (Å²) in [7, 11) is 1.60. The average molecular weight is 471 g/mol. The Balaban J connectivity index is 1.74. The molecule has 186 valence electrons. The van der Waals surface area contributed by atoms with Crippen LogP contribution in [0.15, 0.2) is 29.5 Å². The van der Waals surface area contributed by atoms with Gasteiger partial charge in [0.1, 0.15) is 6.10 Å². The van der Waals surface area contributed by atoms with Crippen LogP contribution in [0.4, 0.5) is 0 Å². The molecule has 0 radical (unpaired) electrons. The second-order valence-corrected chi connectivity index (χ2v) is 9.56. The second kappa shape index (κ2) is 10.4. The molecule has 34 heavy (non-hydrogen) atoms. The van der Waals surface area contributed by atoms with Crippen LogP contribution < -0.4 is 9.47 Å². The number of hydrogen-bond acceptors (Lipinski definition) is 6. The van der Waals surface area contributed by atoms with Crippen molar-refractivity contribution in [1.29, 1.82) is 0 Å². The summed E-state index contributed by atoms with van der Waals surface area (Å²) >= 11 is 0. The van der Waals surface area contributed by atoms with Crippen molar-refractivity contribution >= 4 is 11.7 Å². The average Bonchev–Trinajstić information content (AvgIpc) is 3.12. The molecule has 3 aliphatic rings. The summed E-state index contributed by atoms with van der Waals surface area (Å²) in [6.07, 6.45) is 2.47. The largest absolute Gasteiger partial charge is 0.493 e. The van der Waals surface area contributed by atoms with Crippen LogP contribution in [0.3, 0.4) is 0 Å². The first-order valence-corrected chi connectivity index (χ1v) is 12.7. The SMILES string of the molecule is CCOc1ccc(C2C3=C(OC4CCC(C)CC4C3=O)C(=O)N2CCN(CC)CC)cc1OC. The molecule has 0 saturated heterocycles. The van der Waals surface area contributed by atoms with E-state index in [1.165, 1.54) is 0 Å². The molecule has 1 aromatic rings. The minimum Gasteiger partial charge on any atom is -0.493 e. The van der Waals surface area contributed by atoms with Crippen LogP contribution in [0.5, 0.6) is 11.5 Å². The second-order valence-electron chi connectivity index (χ2n) is 9.56. The molecule has 1 amide bonds. The highest BCUT2D eigenvalue weighted by Gasteiger charge is 2.52. The number of Topliss-reactive ketones (excluding diaryl/α,β-unsaturated/α-hetero) is 1. The number of benzene rings is 1. The van der Waals surface area contributed by atoms with Gasteiger partial charge in [0.15, 0.2) is 23.0 Å². The van der Waals surface area contributed by atoms with E-state index in [2.05, 4.69) is 25.7 Å². The minimum absolute atomic E-state index is 0.0781. The van der Waals surface area contributed by atoms with Gasteiger partial charge in [-0.3, -0.25) is 9.59 Å². The zero-order valence-corrected chi connectivity index (χ0v) is 21.1. The van der Waals surface area contributed by atoms with E-state index in [1.807, 2.05) is 30.0 Å². The number of nitrogens with zero attached hydrogens (tertiary/aromatic N) is 2. The Kier molecular flexibility index (Phi) is 7.51. The lowest BCUT2D eigenvalue weighted by Crippen LogP contribution is -2.41. The number of carbonyl (C=O) groups is 2. The fourth-order valence-corrected chi connectivity index (χ4v) is 5.62. The third kappa shape index (κ3) is 4.42. The number of hydrogen-bond donors (Lipinski definition) is 0. The van der Waals surface area contributed by atoms with Gasteiger partial charge in [0, 0.05) is 13.1 Å². The highest BCUT2D eigenvalue weighted by atomic mass is 16.5. The van der Waals surface area contributed by atoms with Crippen LogP contribution in [-0.2, 0) is 14.3 Å². The molecule has 7 nitrogen and oxygen atoms in total. The lowest BCUT2D eigenvalue weighted by molar-refractivity contribution is -0.136. The number of carbonyl (C=O) groups excluding carboxylic acids is 2. The van der Waals surface area contributed by atoms with Gasteiger partial charge in [-0.25, -0.2) is 0 Å². The number of ketones is 1. The van der Waals surface area contributed by atoms with Gasteiger partial charge in [-0.2, -0.15) is 0 Å². The maximum absolute atomic E-state index is 13.9. The van der Waals surface area contributed by atoms with E-state index in [0.29, 0.717) is 36.1 Å². The molecule has 4 unspecified atom stereocenters. The van der Waals surface area contributed by atoms with E-state index < -0.39 is 6.04 Å².